The minimum atomic E-state index is -3.03. The van der Waals surface area contributed by atoms with Gasteiger partial charge in [0.25, 0.3) is 0 Å². The van der Waals surface area contributed by atoms with Crippen LogP contribution in [0.25, 0.3) is 0 Å². The van der Waals surface area contributed by atoms with Crippen molar-refractivity contribution in [3.8, 4) is 0 Å². The normalized spacial score (nSPS) is 24.7. The van der Waals surface area contributed by atoms with Crippen LogP contribution in [0.4, 0.5) is 0 Å². The van der Waals surface area contributed by atoms with Crippen molar-refractivity contribution in [1.82, 2.24) is 9.62 Å². The molecule has 1 aromatic rings. The average molecular weight is 322 g/mol. The Morgan fingerprint density at radius 2 is 1.82 bits per heavy atom. The number of fused-ring (bicyclic) bond motifs is 1. The largest absolute Gasteiger partial charge is 0.307 e. The van der Waals surface area contributed by atoms with Gasteiger partial charge in [-0.25, -0.2) is 12.7 Å². The molecule has 2 aliphatic rings. The molecule has 0 aromatic heterocycles. The second-order valence-corrected chi connectivity index (χ2v) is 8.58. The average Bonchev–Trinajstić information content (AvgIpc) is 2.70. The van der Waals surface area contributed by atoms with Gasteiger partial charge in [-0.15, -0.1) is 0 Å². The van der Waals surface area contributed by atoms with Gasteiger partial charge >= 0.3 is 0 Å². The fourth-order valence-electron chi connectivity index (χ4n) is 3.73. The standard InChI is InChI=1S/C17H26N2O2S/c1-22(20,21)19-12-10-15(11-13-19)18-17-9-5-3-7-14-6-2-4-8-16(14)17/h2,4,6,8,15,17-18H,3,5,7,9-13H2,1H3. The number of hydrogen-bond acceptors (Lipinski definition) is 3. The highest BCUT2D eigenvalue weighted by molar-refractivity contribution is 7.88. The third kappa shape index (κ3) is 3.70. The number of nitrogens with one attached hydrogen (secondary N) is 1. The van der Waals surface area contributed by atoms with Crippen LogP contribution in [0.1, 0.15) is 49.3 Å². The van der Waals surface area contributed by atoms with E-state index in [0.717, 1.165) is 12.8 Å². The Balaban J connectivity index is 1.65. The molecule has 0 radical (unpaired) electrons. The van der Waals surface area contributed by atoms with E-state index in [4.69, 9.17) is 0 Å². The van der Waals surface area contributed by atoms with E-state index in [9.17, 15) is 8.42 Å². The number of nitrogens with zero attached hydrogens (tertiary/aromatic N) is 1. The summed E-state index contributed by atoms with van der Waals surface area (Å²) in [6, 6.07) is 9.62. The maximum Gasteiger partial charge on any atom is 0.211 e. The lowest BCUT2D eigenvalue weighted by atomic mass is 9.97. The maximum atomic E-state index is 11.6. The number of sulfonamides is 1. The van der Waals surface area contributed by atoms with Crippen molar-refractivity contribution in [3.05, 3.63) is 35.4 Å². The lowest BCUT2D eigenvalue weighted by Crippen LogP contribution is -2.45. The molecule has 1 aromatic carbocycles. The molecule has 0 amide bonds. The Morgan fingerprint density at radius 3 is 2.55 bits per heavy atom. The summed E-state index contributed by atoms with van der Waals surface area (Å²) in [6.45, 7) is 1.29. The lowest BCUT2D eigenvalue weighted by Gasteiger charge is -2.33. The molecule has 0 spiro atoms. The second kappa shape index (κ2) is 6.69. The van der Waals surface area contributed by atoms with E-state index in [0.29, 0.717) is 25.2 Å². The van der Waals surface area contributed by atoms with Crippen LogP contribution in [0.3, 0.4) is 0 Å². The Hall–Kier alpha value is -0.910. The van der Waals surface area contributed by atoms with Crippen LogP contribution in [0.2, 0.25) is 0 Å². The van der Waals surface area contributed by atoms with Gasteiger partial charge in [0.2, 0.25) is 10.0 Å². The first-order valence-electron chi connectivity index (χ1n) is 8.33. The van der Waals surface area contributed by atoms with E-state index < -0.39 is 10.0 Å². The van der Waals surface area contributed by atoms with Crippen molar-refractivity contribution >= 4 is 10.0 Å². The third-order valence-electron chi connectivity index (χ3n) is 4.98. The summed E-state index contributed by atoms with van der Waals surface area (Å²) >= 11 is 0. The molecule has 1 fully saturated rings. The van der Waals surface area contributed by atoms with Crippen LogP contribution >= 0.6 is 0 Å². The molecule has 122 valence electrons. The molecule has 22 heavy (non-hydrogen) atoms. The number of aryl methyl sites for hydroxylation is 1. The smallest absolute Gasteiger partial charge is 0.211 e. The molecule has 1 aliphatic carbocycles. The maximum absolute atomic E-state index is 11.6. The van der Waals surface area contributed by atoms with Gasteiger partial charge in [0.05, 0.1) is 6.26 Å². The Bertz CT molecular complexity index is 607. The molecule has 1 saturated heterocycles. The molecule has 5 heteroatoms. The van der Waals surface area contributed by atoms with E-state index in [1.54, 1.807) is 4.31 Å². The molecule has 3 rings (SSSR count). The highest BCUT2D eigenvalue weighted by atomic mass is 32.2. The quantitative estimate of drug-likeness (QED) is 0.870. The summed E-state index contributed by atoms with van der Waals surface area (Å²) < 4.78 is 24.8. The van der Waals surface area contributed by atoms with Crippen LogP contribution in [-0.2, 0) is 16.4 Å². The fraction of sp³-hybridized carbons (Fsp3) is 0.647. The van der Waals surface area contributed by atoms with Gasteiger partial charge in [0.1, 0.15) is 0 Å². The SMILES string of the molecule is CS(=O)(=O)N1CCC(NC2CCCCc3ccccc32)CC1. The minimum absolute atomic E-state index is 0.425. The number of benzene rings is 1. The lowest BCUT2D eigenvalue weighted by molar-refractivity contribution is 0.270. The van der Waals surface area contributed by atoms with Crippen LogP contribution in [0.5, 0.6) is 0 Å². The fourth-order valence-corrected chi connectivity index (χ4v) is 4.61. The van der Waals surface area contributed by atoms with Gasteiger partial charge in [-0.3, -0.25) is 0 Å². The molecule has 4 nitrogen and oxygen atoms in total. The van der Waals surface area contributed by atoms with Gasteiger partial charge in [-0.05, 0) is 43.2 Å². The molecular weight excluding hydrogens is 296 g/mol. The van der Waals surface area contributed by atoms with Gasteiger partial charge in [-0.2, -0.15) is 0 Å². The zero-order valence-corrected chi connectivity index (χ0v) is 14.1. The first kappa shape index (κ1) is 16.0. The zero-order chi connectivity index (χ0) is 15.6. The summed E-state index contributed by atoms with van der Waals surface area (Å²) in [5.74, 6) is 0. The predicted octanol–water partition coefficient (Wildman–Crippen LogP) is 2.47. The highest BCUT2D eigenvalue weighted by Crippen LogP contribution is 2.30. The van der Waals surface area contributed by atoms with Gasteiger partial charge in [0, 0.05) is 25.2 Å². The first-order chi connectivity index (χ1) is 10.5. The third-order valence-corrected chi connectivity index (χ3v) is 6.28. The summed E-state index contributed by atoms with van der Waals surface area (Å²) in [4.78, 5) is 0. The van der Waals surface area contributed by atoms with E-state index in [1.165, 1.54) is 43.1 Å². The summed E-state index contributed by atoms with van der Waals surface area (Å²) in [5, 5.41) is 3.80. The monoisotopic (exact) mass is 322 g/mol. The first-order valence-corrected chi connectivity index (χ1v) is 10.2. The Labute approximate surface area is 134 Å². The van der Waals surface area contributed by atoms with Crippen LogP contribution in [0, 0.1) is 0 Å². The number of piperidine rings is 1. The summed E-state index contributed by atoms with van der Waals surface area (Å²) in [7, 11) is -3.03. The van der Waals surface area contributed by atoms with E-state index in [2.05, 4.69) is 29.6 Å². The van der Waals surface area contributed by atoms with Crippen LogP contribution in [0.15, 0.2) is 24.3 Å². The number of rotatable bonds is 3. The van der Waals surface area contributed by atoms with Crippen LogP contribution < -0.4 is 5.32 Å². The topological polar surface area (TPSA) is 49.4 Å². The van der Waals surface area contributed by atoms with Gasteiger partial charge in [-0.1, -0.05) is 30.7 Å². The summed E-state index contributed by atoms with van der Waals surface area (Å²) in [6.07, 6.45) is 8.01. The Kier molecular flexibility index (Phi) is 4.85. The van der Waals surface area contributed by atoms with Crippen molar-refractivity contribution < 1.29 is 8.42 Å². The number of hydrogen-bond donors (Lipinski definition) is 1. The van der Waals surface area contributed by atoms with Crippen molar-refractivity contribution in [3.63, 3.8) is 0 Å². The Morgan fingerprint density at radius 1 is 1.09 bits per heavy atom. The van der Waals surface area contributed by atoms with Crippen LogP contribution in [-0.4, -0.2) is 38.1 Å². The van der Waals surface area contributed by atoms with E-state index >= 15 is 0 Å². The van der Waals surface area contributed by atoms with Gasteiger partial charge in [0.15, 0.2) is 0 Å². The van der Waals surface area contributed by atoms with E-state index in [1.807, 2.05) is 0 Å². The molecular formula is C17H26N2O2S. The predicted molar refractivity (Wildman–Crippen MR) is 89.3 cm³/mol. The minimum Gasteiger partial charge on any atom is -0.307 e. The zero-order valence-electron chi connectivity index (χ0n) is 13.3. The molecule has 1 unspecified atom stereocenters. The van der Waals surface area contributed by atoms with Crippen molar-refractivity contribution in [2.75, 3.05) is 19.3 Å². The van der Waals surface area contributed by atoms with Crippen molar-refractivity contribution in [1.29, 1.82) is 0 Å². The van der Waals surface area contributed by atoms with Gasteiger partial charge < -0.3 is 5.32 Å². The molecule has 1 heterocycles. The van der Waals surface area contributed by atoms with Crippen molar-refractivity contribution in [2.45, 2.75) is 50.6 Å². The highest BCUT2D eigenvalue weighted by Gasteiger charge is 2.27. The second-order valence-electron chi connectivity index (χ2n) is 6.60. The summed E-state index contributed by atoms with van der Waals surface area (Å²) in [5.41, 5.74) is 2.93. The molecule has 0 saturated carbocycles. The molecule has 1 aliphatic heterocycles. The molecule has 1 N–H and O–H groups in total. The van der Waals surface area contributed by atoms with Crippen molar-refractivity contribution in [2.24, 2.45) is 0 Å². The van der Waals surface area contributed by atoms with E-state index in [-0.39, 0.29) is 0 Å². The molecule has 1 atom stereocenters. The molecule has 0 bridgehead atoms.